The van der Waals surface area contributed by atoms with E-state index in [4.69, 9.17) is 11.6 Å². The maximum Gasteiger partial charge on any atom is 0.0449 e. The van der Waals surface area contributed by atoms with Crippen LogP contribution in [0.2, 0.25) is 5.02 Å². The zero-order valence-electron chi connectivity index (χ0n) is 8.89. The summed E-state index contributed by atoms with van der Waals surface area (Å²) < 4.78 is 0. The van der Waals surface area contributed by atoms with Gasteiger partial charge in [-0.25, -0.2) is 0 Å². The average Bonchev–Trinajstić information content (AvgIpc) is 2.47. The first-order chi connectivity index (χ1) is 6.48. The van der Waals surface area contributed by atoms with Crippen LogP contribution in [0.3, 0.4) is 0 Å². The van der Waals surface area contributed by atoms with Crippen molar-refractivity contribution in [2.24, 2.45) is 0 Å². The minimum Gasteiger partial charge on any atom is -0.0840 e. The van der Waals surface area contributed by atoms with Crippen LogP contribution in [0.25, 0.3) is 6.08 Å². The van der Waals surface area contributed by atoms with Gasteiger partial charge in [0, 0.05) is 5.02 Å². The molecule has 0 amide bonds. The molecule has 74 valence electrons. The summed E-state index contributed by atoms with van der Waals surface area (Å²) in [5.74, 6) is 0. The summed E-state index contributed by atoms with van der Waals surface area (Å²) in [4.78, 5) is 0. The van der Waals surface area contributed by atoms with Crippen LogP contribution in [0.15, 0.2) is 18.2 Å². The third kappa shape index (κ3) is 1.59. The van der Waals surface area contributed by atoms with Gasteiger partial charge >= 0.3 is 0 Å². The molecule has 0 bridgehead atoms. The number of halogens is 1. The fourth-order valence-corrected chi connectivity index (χ4v) is 2.31. The van der Waals surface area contributed by atoms with Crippen molar-refractivity contribution in [2.75, 3.05) is 0 Å². The average molecular weight is 207 g/mol. The van der Waals surface area contributed by atoms with Gasteiger partial charge < -0.3 is 0 Å². The van der Waals surface area contributed by atoms with Crippen LogP contribution in [0.1, 0.15) is 37.5 Å². The van der Waals surface area contributed by atoms with E-state index in [0.29, 0.717) is 0 Å². The van der Waals surface area contributed by atoms with Gasteiger partial charge in [0.1, 0.15) is 0 Å². The molecule has 0 saturated carbocycles. The molecule has 1 aliphatic rings. The van der Waals surface area contributed by atoms with E-state index in [1.54, 1.807) is 0 Å². The molecule has 1 aromatic rings. The normalized spacial score (nSPS) is 14.6. The largest absolute Gasteiger partial charge is 0.0840 e. The van der Waals surface area contributed by atoms with E-state index in [1.165, 1.54) is 16.7 Å². The zero-order chi connectivity index (χ0) is 10.3. The highest BCUT2D eigenvalue weighted by molar-refractivity contribution is 6.31. The third-order valence-electron chi connectivity index (χ3n) is 2.67. The van der Waals surface area contributed by atoms with Crippen LogP contribution in [0.4, 0.5) is 0 Å². The second-order valence-electron chi connectivity index (χ2n) is 4.89. The van der Waals surface area contributed by atoms with Gasteiger partial charge in [-0.15, -0.1) is 0 Å². The quantitative estimate of drug-likeness (QED) is 0.597. The standard InChI is InChI=1S/C13H15Cl/c1-13(2,3)11-7-9-5-4-6-10(9)8-12(11)14/h4,6-8H,5H2,1-3H3. The Bertz CT molecular complexity index is 394. The monoisotopic (exact) mass is 206 g/mol. The number of rotatable bonds is 0. The summed E-state index contributed by atoms with van der Waals surface area (Å²) in [6.45, 7) is 6.59. The Hall–Kier alpha value is -0.750. The number of allylic oxidation sites excluding steroid dienone is 1. The first kappa shape index (κ1) is 9.79. The fraction of sp³-hybridized carbons (Fsp3) is 0.385. The summed E-state index contributed by atoms with van der Waals surface area (Å²) in [6, 6.07) is 4.33. The lowest BCUT2D eigenvalue weighted by atomic mass is 9.85. The van der Waals surface area contributed by atoms with Gasteiger partial charge in [0.25, 0.3) is 0 Å². The first-order valence-corrected chi connectivity index (χ1v) is 5.36. The van der Waals surface area contributed by atoms with Crippen molar-refractivity contribution in [3.8, 4) is 0 Å². The van der Waals surface area contributed by atoms with Gasteiger partial charge in [0.05, 0.1) is 0 Å². The van der Waals surface area contributed by atoms with Crippen LogP contribution in [0, 0.1) is 0 Å². The van der Waals surface area contributed by atoms with Gasteiger partial charge in [-0.2, -0.15) is 0 Å². The molecular weight excluding hydrogens is 192 g/mol. The lowest BCUT2D eigenvalue weighted by molar-refractivity contribution is 0.590. The molecule has 1 aliphatic carbocycles. The highest BCUT2D eigenvalue weighted by Crippen LogP contribution is 2.34. The van der Waals surface area contributed by atoms with E-state index in [0.717, 1.165) is 11.4 Å². The van der Waals surface area contributed by atoms with Gasteiger partial charge in [0.2, 0.25) is 0 Å². The number of fused-ring (bicyclic) bond motifs is 1. The fourth-order valence-electron chi connectivity index (χ4n) is 1.85. The van der Waals surface area contributed by atoms with E-state index in [1.807, 2.05) is 0 Å². The maximum absolute atomic E-state index is 6.26. The summed E-state index contributed by atoms with van der Waals surface area (Å²) in [6.07, 6.45) is 5.39. The van der Waals surface area contributed by atoms with Crippen molar-refractivity contribution < 1.29 is 0 Å². The predicted octanol–water partition coefficient (Wildman–Crippen LogP) is 4.21. The molecule has 0 aliphatic heterocycles. The maximum atomic E-state index is 6.26. The molecule has 0 heterocycles. The van der Waals surface area contributed by atoms with Crippen molar-refractivity contribution in [1.29, 1.82) is 0 Å². The molecule has 0 unspecified atom stereocenters. The Balaban J connectivity index is 2.56. The second-order valence-corrected chi connectivity index (χ2v) is 5.29. The van der Waals surface area contributed by atoms with Crippen molar-refractivity contribution in [3.05, 3.63) is 39.9 Å². The van der Waals surface area contributed by atoms with Gasteiger partial charge in [-0.1, -0.05) is 50.6 Å². The van der Waals surface area contributed by atoms with Gasteiger partial charge in [-0.3, -0.25) is 0 Å². The zero-order valence-corrected chi connectivity index (χ0v) is 9.65. The van der Waals surface area contributed by atoms with E-state index in [-0.39, 0.29) is 5.41 Å². The lowest BCUT2D eigenvalue weighted by Gasteiger charge is -2.21. The predicted molar refractivity (Wildman–Crippen MR) is 62.9 cm³/mol. The summed E-state index contributed by atoms with van der Waals surface area (Å²) >= 11 is 6.26. The van der Waals surface area contributed by atoms with E-state index in [2.05, 4.69) is 45.1 Å². The molecule has 1 aromatic carbocycles. The number of hydrogen-bond acceptors (Lipinski definition) is 0. The van der Waals surface area contributed by atoms with Crippen LogP contribution >= 0.6 is 11.6 Å². The molecule has 0 fully saturated rings. The topological polar surface area (TPSA) is 0 Å². The summed E-state index contributed by atoms with van der Waals surface area (Å²) in [7, 11) is 0. The second kappa shape index (κ2) is 3.13. The Morgan fingerprint density at radius 1 is 1.21 bits per heavy atom. The number of hydrogen-bond donors (Lipinski definition) is 0. The molecule has 0 radical (unpaired) electrons. The molecule has 0 N–H and O–H groups in total. The third-order valence-corrected chi connectivity index (χ3v) is 2.98. The highest BCUT2D eigenvalue weighted by atomic mass is 35.5. The lowest BCUT2D eigenvalue weighted by Crippen LogP contribution is -2.12. The molecular formula is C13H15Cl. The molecule has 0 nitrogen and oxygen atoms in total. The minimum atomic E-state index is 0.134. The smallest absolute Gasteiger partial charge is 0.0449 e. The van der Waals surface area contributed by atoms with Crippen LogP contribution in [-0.2, 0) is 11.8 Å². The van der Waals surface area contributed by atoms with E-state index < -0.39 is 0 Å². The first-order valence-electron chi connectivity index (χ1n) is 4.98. The van der Waals surface area contributed by atoms with E-state index >= 15 is 0 Å². The molecule has 14 heavy (non-hydrogen) atoms. The molecule has 1 heteroatoms. The number of benzene rings is 1. The van der Waals surface area contributed by atoms with Crippen molar-refractivity contribution in [1.82, 2.24) is 0 Å². The summed E-state index contributed by atoms with van der Waals surface area (Å²) in [5, 5.41) is 0.891. The SMILES string of the molecule is CC(C)(C)c1cc2c(cc1Cl)C=CC2. The van der Waals surface area contributed by atoms with Crippen LogP contribution in [0.5, 0.6) is 0 Å². The van der Waals surface area contributed by atoms with Crippen molar-refractivity contribution >= 4 is 17.7 Å². The van der Waals surface area contributed by atoms with Crippen LogP contribution in [-0.4, -0.2) is 0 Å². The van der Waals surface area contributed by atoms with Crippen LogP contribution < -0.4 is 0 Å². The molecule has 0 aromatic heterocycles. The Morgan fingerprint density at radius 3 is 2.57 bits per heavy atom. The summed E-state index contributed by atoms with van der Waals surface area (Å²) in [5.41, 5.74) is 4.07. The highest BCUT2D eigenvalue weighted by Gasteiger charge is 2.19. The van der Waals surface area contributed by atoms with Gasteiger partial charge in [0.15, 0.2) is 0 Å². The molecule has 0 saturated heterocycles. The van der Waals surface area contributed by atoms with E-state index in [9.17, 15) is 0 Å². The molecule has 0 atom stereocenters. The molecule has 0 spiro atoms. The Kier molecular flexibility index (Phi) is 2.19. The Morgan fingerprint density at radius 2 is 1.93 bits per heavy atom. The minimum absolute atomic E-state index is 0.134. The van der Waals surface area contributed by atoms with Crippen molar-refractivity contribution in [3.63, 3.8) is 0 Å². The van der Waals surface area contributed by atoms with Gasteiger partial charge in [-0.05, 0) is 34.6 Å². The molecule has 2 rings (SSSR count). The Labute approximate surface area is 90.6 Å². The van der Waals surface area contributed by atoms with Crippen molar-refractivity contribution in [2.45, 2.75) is 32.6 Å².